The molecule has 1 heterocycles. The molecule has 0 aliphatic carbocycles. The van der Waals surface area contributed by atoms with Crippen molar-refractivity contribution in [3.63, 3.8) is 0 Å². The number of nitrogens with zero attached hydrogens (tertiary/aromatic N) is 1. The van der Waals surface area contributed by atoms with Gasteiger partial charge in [-0.05, 0) is 43.0 Å². The smallest absolute Gasteiger partial charge is 0.420 e. The van der Waals surface area contributed by atoms with Gasteiger partial charge in [0.05, 0.1) is 0 Å². The average molecular weight is 315 g/mol. The quantitative estimate of drug-likeness (QED) is 0.651. The summed E-state index contributed by atoms with van der Waals surface area (Å²) < 4.78 is 38.2. The molecule has 4 nitrogen and oxygen atoms in total. The maximum atomic E-state index is 12.7. The van der Waals surface area contributed by atoms with Gasteiger partial charge in [-0.2, -0.15) is 13.2 Å². The zero-order valence-corrected chi connectivity index (χ0v) is 11.7. The molecule has 7 heteroatoms. The lowest BCUT2D eigenvalue weighted by Gasteiger charge is -2.25. The Balaban J connectivity index is 2.20. The summed E-state index contributed by atoms with van der Waals surface area (Å²) in [5.41, 5.74) is -1.34. The Kier molecular flexibility index (Phi) is 4.63. The summed E-state index contributed by atoms with van der Waals surface area (Å²) in [5.74, 6) is -2.37. The first-order valence-corrected chi connectivity index (χ1v) is 6.89. The number of halogens is 3. The van der Waals surface area contributed by atoms with E-state index < -0.39 is 23.2 Å². The predicted molar refractivity (Wildman–Crippen MR) is 74.2 cm³/mol. The lowest BCUT2D eigenvalue weighted by Crippen LogP contribution is -2.34. The van der Waals surface area contributed by atoms with E-state index in [0.717, 1.165) is 25.3 Å². The van der Waals surface area contributed by atoms with Crippen molar-refractivity contribution in [2.24, 2.45) is 0 Å². The number of carbonyl (C=O) groups is 1. The number of aromatic hydroxyl groups is 2. The van der Waals surface area contributed by atoms with Crippen molar-refractivity contribution in [3.05, 3.63) is 29.3 Å². The molecule has 0 atom stereocenters. The number of rotatable bonds is 2. The van der Waals surface area contributed by atoms with Gasteiger partial charge in [0, 0.05) is 19.2 Å². The second-order valence-corrected chi connectivity index (χ2v) is 5.15. The Morgan fingerprint density at radius 3 is 2.36 bits per heavy atom. The molecule has 1 saturated heterocycles. The molecule has 1 amide bonds. The fourth-order valence-electron chi connectivity index (χ4n) is 2.34. The Hall–Kier alpha value is -2.18. The highest BCUT2D eigenvalue weighted by molar-refractivity contribution is 5.92. The molecule has 0 radical (unpaired) electrons. The van der Waals surface area contributed by atoms with Gasteiger partial charge >= 0.3 is 6.18 Å². The largest absolute Gasteiger partial charge is 0.504 e. The standard InChI is InChI=1S/C15H16F3NO3/c16-15(17,18)11-8-10(9-12(20)14(11)22)4-5-13(21)19-6-2-1-3-7-19/h4-5,8-9,20,22H,1-3,6-7H2/b5-4+. The summed E-state index contributed by atoms with van der Waals surface area (Å²) in [4.78, 5) is 13.5. The summed E-state index contributed by atoms with van der Waals surface area (Å²) >= 11 is 0. The third kappa shape index (κ3) is 3.72. The van der Waals surface area contributed by atoms with E-state index in [9.17, 15) is 28.2 Å². The Labute approximate surface area is 125 Å². The number of carbonyl (C=O) groups excluding carboxylic acids is 1. The number of piperidine rings is 1. The van der Waals surface area contributed by atoms with Crippen LogP contribution in [0.15, 0.2) is 18.2 Å². The molecule has 120 valence electrons. The van der Waals surface area contributed by atoms with Crippen LogP contribution < -0.4 is 0 Å². The number of hydrogen-bond donors (Lipinski definition) is 2. The van der Waals surface area contributed by atoms with Gasteiger partial charge in [-0.15, -0.1) is 0 Å². The second-order valence-electron chi connectivity index (χ2n) is 5.15. The molecule has 0 bridgehead atoms. The van der Waals surface area contributed by atoms with Crippen LogP contribution in [0.4, 0.5) is 13.2 Å². The van der Waals surface area contributed by atoms with E-state index in [-0.39, 0.29) is 11.5 Å². The van der Waals surface area contributed by atoms with Crippen LogP contribution in [0.25, 0.3) is 6.08 Å². The first kappa shape index (κ1) is 16.2. The molecule has 1 aliphatic rings. The van der Waals surface area contributed by atoms with Gasteiger partial charge in [-0.1, -0.05) is 0 Å². The Morgan fingerprint density at radius 2 is 1.77 bits per heavy atom. The van der Waals surface area contributed by atoms with Gasteiger partial charge in [0.15, 0.2) is 11.5 Å². The van der Waals surface area contributed by atoms with Gasteiger partial charge in [-0.3, -0.25) is 4.79 Å². The Bertz CT molecular complexity index is 590. The number of benzene rings is 1. The van der Waals surface area contributed by atoms with E-state index in [4.69, 9.17) is 0 Å². The minimum absolute atomic E-state index is 0.00650. The molecule has 0 unspecified atom stereocenters. The van der Waals surface area contributed by atoms with Crippen molar-refractivity contribution in [3.8, 4) is 11.5 Å². The summed E-state index contributed by atoms with van der Waals surface area (Å²) in [6, 6.07) is 1.67. The van der Waals surface area contributed by atoms with Gasteiger partial charge in [-0.25, -0.2) is 0 Å². The number of phenols is 2. The highest BCUT2D eigenvalue weighted by atomic mass is 19.4. The lowest BCUT2D eigenvalue weighted by molar-refractivity contribution is -0.139. The molecule has 2 N–H and O–H groups in total. The molecule has 1 aliphatic heterocycles. The minimum Gasteiger partial charge on any atom is -0.504 e. The summed E-state index contributed by atoms with van der Waals surface area (Å²) in [7, 11) is 0. The summed E-state index contributed by atoms with van der Waals surface area (Å²) in [6.07, 6.45) is 0.481. The van der Waals surface area contributed by atoms with Crippen molar-refractivity contribution in [2.45, 2.75) is 25.4 Å². The van der Waals surface area contributed by atoms with E-state index in [1.54, 1.807) is 4.90 Å². The van der Waals surface area contributed by atoms with Gasteiger partial charge in [0.2, 0.25) is 5.91 Å². The molecule has 0 aromatic heterocycles. The van der Waals surface area contributed by atoms with Crippen LogP contribution in [0.5, 0.6) is 11.5 Å². The zero-order valence-electron chi connectivity index (χ0n) is 11.7. The maximum absolute atomic E-state index is 12.7. The molecule has 2 rings (SSSR count). The fourth-order valence-corrected chi connectivity index (χ4v) is 2.34. The second kappa shape index (κ2) is 6.29. The van der Waals surface area contributed by atoms with Crippen LogP contribution in [0, 0.1) is 0 Å². The highest BCUT2D eigenvalue weighted by Gasteiger charge is 2.35. The van der Waals surface area contributed by atoms with Gasteiger partial charge in [0.25, 0.3) is 0 Å². The molecule has 1 aromatic carbocycles. The maximum Gasteiger partial charge on any atom is 0.420 e. The van der Waals surface area contributed by atoms with Crippen molar-refractivity contribution >= 4 is 12.0 Å². The topological polar surface area (TPSA) is 60.8 Å². The summed E-state index contributed by atoms with van der Waals surface area (Å²) in [6.45, 7) is 1.27. The molecular weight excluding hydrogens is 299 g/mol. The van der Waals surface area contributed by atoms with Crippen molar-refractivity contribution in [2.75, 3.05) is 13.1 Å². The van der Waals surface area contributed by atoms with E-state index in [0.29, 0.717) is 19.2 Å². The number of alkyl halides is 3. The van der Waals surface area contributed by atoms with Crippen LogP contribution in [0.2, 0.25) is 0 Å². The fraction of sp³-hybridized carbons (Fsp3) is 0.400. The van der Waals surface area contributed by atoms with E-state index in [1.807, 2.05) is 0 Å². The lowest BCUT2D eigenvalue weighted by atomic mass is 10.1. The Morgan fingerprint density at radius 1 is 1.14 bits per heavy atom. The first-order valence-electron chi connectivity index (χ1n) is 6.89. The highest BCUT2D eigenvalue weighted by Crippen LogP contribution is 2.41. The molecular formula is C15H16F3NO3. The minimum atomic E-state index is -4.79. The molecule has 0 saturated carbocycles. The monoisotopic (exact) mass is 315 g/mol. The number of hydrogen-bond acceptors (Lipinski definition) is 3. The van der Waals surface area contributed by atoms with Gasteiger partial charge < -0.3 is 15.1 Å². The normalized spacial score (nSPS) is 16.2. The average Bonchev–Trinajstić information content (AvgIpc) is 2.47. The predicted octanol–water partition coefficient (Wildman–Crippen LogP) is 3.14. The molecule has 0 spiro atoms. The summed E-state index contributed by atoms with van der Waals surface area (Å²) in [5, 5.41) is 18.6. The molecule has 1 aromatic rings. The van der Waals surface area contributed by atoms with E-state index in [1.165, 1.54) is 12.2 Å². The molecule has 22 heavy (non-hydrogen) atoms. The third-order valence-electron chi connectivity index (χ3n) is 3.50. The van der Waals surface area contributed by atoms with E-state index in [2.05, 4.69) is 0 Å². The van der Waals surface area contributed by atoms with Crippen LogP contribution >= 0.6 is 0 Å². The zero-order chi connectivity index (χ0) is 16.3. The number of amides is 1. The van der Waals surface area contributed by atoms with Crippen LogP contribution in [0.1, 0.15) is 30.4 Å². The number of likely N-dealkylation sites (tertiary alicyclic amines) is 1. The first-order chi connectivity index (χ1) is 10.3. The van der Waals surface area contributed by atoms with Crippen LogP contribution in [-0.4, -0.2) is 34.1 Å². The van der Waals surface area contributed by atoms with Crippen LogP contribution in [-0.2, 0) is 11.0 Å². The third-order valence-corrected chi connectivity index (χ3v) is 3.50. The van der Waals surface area contributed by atoms with Gasteiger partial charge in [0.1, 0.15) is 5.56 Å². The molecule has 1 fully saturated rings. The van der Waals surface area contributed by atoms with Crippen molar-refractivity contribution < 1.29 is 28.2 Å². The van der Waals surface area contributed by atoms with Crippen LogP contribution in [0.3, 0.4) is 0 Å². The van der Waals surface area contributed by atoms with Crippen molar-refractivity contribution in [1.29, 1.82) is 0 Å². The number of phenolic OH excluding ortho intramolecular Hbond substituents is 2. The van der Waals surface area contributed by atoms with Crippen molar-refractivity contribution in [1.82, 2.24) is 4.90 Å². The SMILES string of the molecule is O=C(/C=C/c1cc(O)c(O)c(C(F)(F)F)c1)N1CCCCC1. The van der Waals surface area contributed by atoms with E-state index >= 15 is 0 Å².